The van der Waals surface area contributed by atoms with Gasteiger partial charge in [0.25, 0.3) is 5.91 Å². The fraction of sp³-hybridized carbons (Fsp3) is 0.217. The van der Waals surface area contributed by atoms with Crippen molar-refractivity contribution < 1.29 is 22.7 Å². The Hall–Kier alpha value is -3.44. The molecule has 176 valence electrons. The Kier molecular flexibility index (Phi) is 6.58. The maximum absolute atomic E-state index is 12.6. The highest BCUT2D eigenvalue weighted by atomic mass is 32.2. The van der Waals surface area contributed by atoms with Crippen molar-refractivity contribution >= 4 is 49.9 Å². The molecular formula is C23H22N4O5S2. The number of ether oxygens (including phenoxy) is 2. The lowest BCUT2D eigenvalue weighted by Crippen LogP contribution is -2.45. The molecule has 9 nitrogen and oxygen atoms in total. The van der Waals surface area contributed by atoms with Crippen LogP contribution in [0.25, 0.3) is 6.08 Å². The smallest absolute Gasteiger partial charge is 0.283 e. The number of carbonyl (C=O) groups excluding carboxylic acids is 1. The number of rotatable bonds is 6. The number of fused-ring (bicyclic) bond motifs is 1. The predicted molar refractivity (Wildman–Crippen MR) is 133 cm³/mol. The summed E-state index contributed by atoms with van der Waals surface area (Å²) >= 11 is 0.764. The van der Waals surface area contributed by atoms with Crippen molar-refractivity contribution in [3.63, 3.8) is 0 Å². The van der Waals surface area contributed by atoms with Crippen LogP contribution in [0.3, 0.4) is 0 Å². The molecule has 0 atom stereocenters. The minimum atomic E-state index is -3.70. The van der Waals surface area contributed by atoms with Gasteiger partial charge >= 0.3 is 0 Å². The van der Waals surface area contributed by atoms with Crippen molar-refractivity contribution in [3.8, 4) is 11.5 Å². The topological polar surface area (TPSA) is 121 Å². The van der Waals surface area contributed by atoms with Gasteiger partial charge in [-0.25, -0.2) is 13.3 Å². The first kappa shape index (κ1) is 23.7. The van der Waals surface area contributed by atoms with E-state index in [1.807, 2.05) is 31.2 Å². The highest BCUT2D eigenvalue weighted by Gasteiger charge is 2.42. The number of amides is 1. The first-order valence-corrected chi connectivity index (χ1v) is 12.7. The normalized spacial score (nSPS) is 16.9. The lowest BCUT2D eigenvalue weighted by molar-refractivity contribution is -0.114. The van der Waals surface area contributed by atoms with Crippen molar-refractivity contribution in [2.75, 3.05) is 12.9 Å². The fourth-order valence-corrected chi connectivity index (χ4v) is 5.20. The molecule has 0 saturated heterocycles. The summed E-state index contributed by atoms with van der Waals surface area (Å²) in [6.45, 7) is 3.86. The molecule has 1 amide bonds. The number of carbonyl (C=O) groups is 1. The summed E-state index contributed by atoms with van der Waals surface area (Å²) in [4.78, 5) is 17.6. The number of benzene rings is 2. The molecule has 0 saturated carbocycles. The second kappa shape index (κ2) is 9.43. The molecule has 2 aromatic carbocycles. The van der Waals surface area contributed by atoms with Crippen molar-refractivity contribution in [3.05, 3.63) is 64.7 Å². The molecule has 0 radical (unpaired) electrons. The van der Waals surface area contributed by atoms with Gasteiger partial charge in [0, 0.05) is 0 Å². The highest BCUT2D eigenvalue weighted by molar-refractivity contribution is 8.16. The lowest BCUT2D eigenvalue weighted by Gasteiger charge is -2.24. The van der Waals surface area contributed by atoms with Crippen LogP contribution in [0.2, 0.25) is 0 Å². The van der Waals surface area contributed by atoms with Crippen LogP contribution >= 0.6 is 11.9 Å². The van der Waals surface area contributed by atoms with Crippen LogP contribution in [0, 0.1) is 12.3 Å². The van der Waals surface area contributed by atoms with Crippen molar-refractivity contribution in [1.82, 2.24) is 4.90 Å². The molecule has 2 aromatic rings. The Morgan fingerprint density at radius 1 is 1.15 bits per heavy atom. The number of aryl methyl sites for hydroxylation is 1. The standard InChI is InChI=1S/C23H22N4O5S2/c1-4-34(29,30)23-26-33-22-25-21(28)17(20(24)27(22)23)11-16-9-10-18(19(12-16)31-3)32-13-15-7-5-14(2)6-8-15/h5-12,24H,4,13H2,1-3H3. The van der Waals surface area contributed by atoms with Crippen LogP contribution < -0.4 is 9.47 Å². The second-order valence-electron chi connectivity index (χ2n) is 7.49. The van der Waals surface area contributed by atoms with Gasteiger partial charge in [0.15, 0.2) is 11.5 Å². The molecule has 0 spiro atoms. The minimum absolute atomic E-state index is 0.0524. The van der Waals surface area contributed by atoms with Crippen LogP contribution in [-0.2, 0) is 21.2 Å². The van der Waals surface area contributed by atoms with Gasteiger partial charge in [0.05, 0.1) is 30.4 Å². The van der Waals surface area contributed by atoms with Crippen molar-refractivity contribution in [2.24, 2.45) is 9.39 Å². The summed E-state index contributed by atoms with van der Waals surface area (Å²) in [5, 5.41) is 8.26. The summed E-state index contributed by atoms with van der Waals surface area (Å²) in [5.74, 6) is -0.150. The molecule has 11 heteroatoms. The Morgan fingerprint density at radius 2 is 1.88 bits per heavy atom. The van der Waals surface area contributed by atoms with Gasteiger partial charge < -0.3 is 9.47 Å². The summed E-state index contributed by atoms with van der Waals surface area (Å²) in [6.07, 6.45) is 1.47. The summed E-state index contributed by atoms with van der Waals surface area (Å²) in [5.41, 5.74) is 2.68. The summed E-state index contributed by atoms with van der Waals surface area (Å²) in [7, 11) is -2.20. The van der Waals surface area contributed by atoms with Gasteiger partial charge in [-0.1, -0.05) is 42.8 Å². The van der Waals surface area contributed by atoms with Crippen LogP contribution in [0.4, 0.5) is 0 Å². The summed E-state index contributed by atoms with van der Waals surface area (Å²) in [6, 6.07) is 13.1. The van der Waals surface area contributed by atoms with Crippen LogP contribution in [0.15, 0.2) is 57.4 Å². The lowest BCUT2D eigenvalue weighted by atomic mass is 10.1. The first-order valence-electron chi connectivity index (χ1n) is 10.3. The molecule has 34 heavy (non-hydrogen) atoms. The van der Waals surface area contributed by atoms with Gasteiger partial charge in [0.1, 0.15) is 12.4 Å². The van der Waals surface area contributed by atoms with E-state index in [2.05, 4.69) is 9.39 Å². The van der Waals surface area contributed by atoms with E-state index in [1.54, 1.807) is 18.2 Å². The van der Waals surface area contributed by atoms with Crippen molar-refractivity contribution in [1.29, 1.82) is 5.41 Å². The second-order valence-corrected chi connectivity index (χ2v) is 10.4. The zero-order valence-corrected chi connectivity index (χ0v) is 20.4. The molecule has 0 unspecified atom stereocenters. The third-order valence-electron chi connectivity index (χ3n) is 5.17. The molecule has 0 aromatic heterocycles. The molecule has 2 aliphatic heterocycles. The average molecular weight is 499 g/mol. The molecule has 0 fully saturated rings. The van der Waals surface area contributed by atoms with Crippen LogP contribution in [-0.4, -0.2) is 48.3 Å². The zero-order chi connectivity index (χ0) is 24.5. The van der Waals surface area contributed by atoms with E-state index in [4.69, 9.17) is 14.9 Å². The van der Waals surface area contributed by atoms with E-state index in [-0.39, 0.29) is 27.5 Å². The van der Waals surface area contributed by atoms with Gasteiger partial charge in [-0.3, -0.25) is 10.2 Å². The van der Waals surface area contributed by atoms with E-state index in [1.165, 1.54) is 20.1 Å². The van der Waals surface area contributed by atoms with Gasteiger partial charge in [-0.15, -0.1) is 0 Å². The minimum Gasteiger partial charge on any atom is -0.493 e. The van der Waals surface area contributed by atoms with Crippen LogP contribution in [0.1, 0.15) is 23.6 Å². The number of nitrogens with one attached hydrogen (secondary N) is 1. The van der Waals surface area contributed by atoms with E-state index < -0.39 is 15.7 Å². The molecular weight excluding hydrogens is 476 g/mol. The largest absolute Gasteiger partial charge is 0.493 e. The Bertz CT molecular complexity index is 1360. The fourth-order valence-electron chi connectivity index (χ4n) is 3.23. The molecule has 0 bridgehead atoms. The highest BCUT2D eigenvalue weighted by Crippen LogP contribution is 2.32. The number of aliphatic imine (C=N–C) groups is 1. The van der Waals surface area contributed by atoms with Crippen molar-refractivity contribution in [2.45, 2.75) is 20.5 Å². The number of hydrogen-bond acceptors (Lipinski definition) is 8. The number of amidine groups is 3. The summed E-state index contributed by atoms with van der Waals surface area (Å²) < 4.78 is 40.0. The average Bonchev–Trinajstić information content (AvgIpc) is 3.26. The van der Waals surface area contributed by atoms with E-state index in [9.17, 15) is 13.2 Å². The Labute approximate surface area is 201 Å². The van der Waals surface area contributed by atoms with Gasteiger partial charge in [-0.05, 0) is 36.3 Å². The quantitative estimate of drug-likeness (QED) is 0.477. The molecule has 2 aliphatic rings. The maximum Gasteiger partial charge on any atom is 0.283 e. The van der Waals surface area contributed by atoms with E-state index >= 15 is 0 Å². The molecule has 0 aliphatic carbocycles. The third kappa shape index (κ3) is 4.62. The Balaban J connectivity index is 1.59. The predicted octanol–water partition coefficient (Wildman–Crippen LogP) is 3.59. The molecule has 4 rings (SSSR count). The van der Waals surface area contributed by atoms with Gasteiger partial charge in [0.2, 0.25) is 20.2 Å². The third-order valence-corrected chi connectivity index (χ3v) is 7.57. The van der Waals surface area contributed by atoms with E-state index in [0.717, 1.165) is 28.0 Å². The van der Waals surface area contributed by atoms with Crippen LogP contribution in [0.5, 0.6) is 11.5 Å². The molecule has 2 heterocycles. The van der Waals surface area contributed by atoms with Gasteiger partial charge in [-0.2, -0.15) is 9.39 Å². The number of hydrogen-bond donors (Lipinski definition) is 1. The Morgan fingerprint density at radius 3 is 2.56 bits per heavy atom. The SMILES string of the molecule is CCS(=O)(=O)C1=NSC2=NC(=O)C(=Cc3ccc(OCc4ccc(C)cc4)c(OC)c3)C(=N)N21. The zero-order valence-electron chi connectivity index (χ0n) is 18.7. The monoisotopic (exact) mass is 498 g/mol. The number of methoxy groups -OCH3 is 1. The maximum atomic E-state index is 12.6. The number of sulfone groups is 1. The first-order chi connectivity index (χ1) is 16.2. The number of nitrogens with zero attached hydrogens (tertiary/aromatic N) is 3. The molecule has 1 N–H and O–H groups in total. The van der Waals surface area contributed by atoms with E-state index in [0.29, 0.717) is 23.7 Å².